The minimum absolute atomic E-state index is 0.0210. The quantitative estimate of drug-likeness (QED) is 0.473. The van der Waals surface area contributed by atoms with Gasteiger partial charge >= 0.3 is 5.97 Å². The van der Waals surface area contributed by atoms with Gasteiger partial charge < -0.3 is 9.47 Å². The van der Waals surface area contributed by atoms with Crippen LogP contribution in [0.4, 0.5) is 0 Å². The van der Waals surface area contributed by atoms with E-state index in [1.54, 1.807) is 0 Å². The van der Waals surface area contributed by atoms with Crippen LogP contribution in [0.25, 0.3) is 0 Å². The van der Waals surface area contributed by atoms with E-state index in [-0.39, 0.29) is 18.0 Å². The molecule has 1 heterocycles. The lowest BCUT2D eigenvalue weighted by Crippen LogP contribution is -2.39. The van der Waals surface area contributed by atoms with Gasteiger partial charge in [-0.25, -0.2) is 0 Å². The standard InChI is InChI=1S/C13H24O3/c1-3-5-6-7-8-11(4-2)13(14)16-12-9-15-10-12/h11-12H,3-10H2,1-2H3. The maximum Gasteiger partial charge on any atom is 0.309 e. The van der Waals surface area contributed by atoms with Gasteiger partial charge in [-0.2, -0.15) is 0 Å². The molecule has 1 saturated heterocycles. The Bertz CT molecular complexity index is 199. The van der Waals surface area contributed by atoms with E-state index < -0.39 is 0 Å². The monoisotopic (exact) mass is 228 g/mol. The highest BCUT2D eigenvalue weighted by molar-refractivity contribution is 5.72. The summed E-state index contributed by atoms with van der Waals surface area (Å²) in [5, 5.41) is 0. The van der Waals surface area contributed by atoms with E-state index in [0.717, 1.165) is 19.3 Å². The van der Waals surface area contributed by atoms with Gasteiger partial charge in [-0.3, -0.25) is 4.79 Å². The van der Waals surface area contributed by atoms with Crippen LogP contribution >= 0.6 is 0 Å². The van der Waals surface area contributed by atoms with Crippen molar-refractivity contribution in [1.29, 1.82) is 0 Å². The lowest BCUT2D eigenvalue weighted by molar-refractivity contribution is -0.177. The predicted octanol–water partition coefficient (Wildman–Crippen LogP) is 2.93. The van der Waals surface area contributed by atoms with Crippen LogP contribution in [0.2, 0.25) is 0 Å². The smallest absolute Gasteiger partial charge is 0.309 e. The van der Waals surface area contributed by atoms with Gasteiger partial charge in [-0.15, -0.1) is 0 Å². The predicted molar refractivity (Wildman–Crippen MR) is 63.2 cm³/mol. The third-order valence-corrected chi connectivity index (χ3v) is 3.12. The maximum absolute atomic E-state index is 11.8. The fraction of sp³-hybridized carbons (Fsp3) is 0.923. The molecule has 1 atom stereocenters. The van der Waals surface area contributed by atoms with Gasteiger partial charge in [-0.05, 0) is 12.8 Å². The van der Waals surface area contributed by atoms with Crippen LogP contribution in [0.3, 0.4) is 0 Å². The number of hydrogen-bond acceptors (Lipinski definition) is 3. The Morgan fingerprint density at radius 2 is 2.06 bits per heavy atom. The average Bonchev–Trinajstić information content (AvgIpc) is 2.23. The summed E-state index contributed by atoms with van der Waals surface area (Å²) in [5.74, 6) is 0.0738. The molecule has 16 heavy (non-hydrogen) atoms. The van der Waals surface area contributed by atoms with Crippen molar-refractivity contribution in [3.63, 3.8) is 0 Å². The number of ether oxygens (including phenoxy) is 2. The summed E-state index contributed by atoms with van der Waals surface area (Å²) in [6.45, 7) is 5.42. The second-order valence-electron chi connectivity index (χ2n) is 4.55. The first kappa shape index (κ1) is 13.5. The van der Waals surface area contributed by atoms with E-state index in [0.29, 0.717) is 13.2 Å². The molecule has 0 aromatic carbocycles. The molecule has 0 aliphatic carbocycles. The van der Waals surface area contributed by atoms with Gasteiger partial charge in [0.1, 0.15) is 6.10 Å². The van der Waals surface area contributed by atoms with E-state index in [2.05, 4.69) is 13.8 Å². The number of carbonyl (C=O) groups excluding carboxylic acids is 1. The van der Waals surface area contributed by atoms with Crippen LogP contribution in [0, 0.1) is 5.92 Å². The highest BCUT2D eigenvalue weighted by atomic mass is 16.6. The van der Waals surface area contributed by atoms with Gasteiger partial charge in [0.15, 0.2) is 0 Å². The van der Waals surface area contributed by atoms with Crippen molar-refractivity contribution in [2.75, 3.05) is 13.2 Å². The normalized spacial score (nSPS) is 17.9. The van der Waals surface area contributed by atoms with Crippen LogP contribution in [0.15, 0.2) is 0 Å². The van der Waals surface area contributed by atoms with Crippen molar-refractivity contribution in [3.8, 4) is 0 Å². The Balaban J connectivity index is 2.15. The molecule has 0 radical (unpaired) electrons. The third-order valence-electron chi connectivity index (χ3n) is 3.12. The summed E-state index contributed by atoms with van der Waals surface area (Å²) in [7, 11) is 0. The van der Waals surface area contributed by atoms with Crippen molar-refractivity contribution in [2.45, 2.75) is 58.5 Å². The fourth-order valence-electron chi connectivity index (χ4n) is 1.85. The molecule has 0 spiro atoms. The summed E-state index contributed by atoms with van der Waals surface area (Å²) in [6, 6.07) is 0. The zero-order valence-electron chi connectivity index (χ0n) is 10.5. The topological polar surface area (TPSA) is 35.5 Å². The zero-order chi connectivity index (χ0) is 11.8. The molecule has 0 aromatic heterocycles. The average molecular weight is 228 g/mol. The van der Waals surface area contributed by atoms with Gasteiger partial charge in [0.05, 0.1) is 19.1 Å². The summed E-state index contributed by atoms with van der Waals surface area (Å²) < 4.78 is 10.3. The Morgan fingerprint density at radius 1 is 1.31 bits per heavy atom. The molecule has 0 amide bonds. The number of hydrogen-bond donors (Lipinski definition) is 0. The Morgan fingerprint density at radius 3 is 2.56 bits per heavy atom. The van der Waals surface area contributed by atoms with E-state index in [4.69, 9.17) is 9.47 Å². The van der Waals surface area contributed by atoms with Gasteiger partial charge in [0, 0.05) is 0 Å². The Hall–Kier alpha value is -0.570. The zero-order valence-corrected chi connectivity index (χ0v) is 10.5. The Labute approximate surface area is 98.5 Å². The van der Waals surface area contributed by atoms with Crippen LogP contribution in [-0.2, 0) is 14.3 Å². The lowest BCUT2D eigenvalue weighted by atomic mass is 9.98. The molecule has 0 N–H and O–H groups in total. The number of esters is 1. The van der Waals surface area contributed by atoms with Crippen molar-refractivity contribution in [2.24, 2.45) is 5.92 Å². The molecule has 1 fully saturated rings. The molecule has 0 saturated carbocycles. The highest BCUT2D eigenvalue weighted by Gasteiger charge is 2.26. The molecule has 94 valence electrons. The molecule has 1 aliphatic rings. The van der Waals surface area contributed by atoms with E-state index in [9.17, 15) is 4.79 Å². The largest absolute Gasteiger partial charge is 0.457 e. The van der Waals surface area contributed by atoms with Crippen molar-refractivity contribution in [1.82, 2.24) is 0 Å². The first-order chi connectivity index (χ1) is 7.77. The van der Waals surface area contributed by atoms with Crippen LogP contribution in [-0.4, -0.2) is 25.3 Å². The summed E-state index contributed by atoms with van der Waals surface area (Å²) in [5.41, 5.74) is 0. The number of rotatable bonds is 8. The molecular weight excluding hydrogens is 204 g/mol. The molecular formula is C13H24O3. The fourth-order valence-corrected chi connectivity index (χ4v) is 1.85. The van der Waals surface area contributed by atoms with Crippen LogP contribution in [0.5, 0.6) is 0 Å². The molecule has 1 aliphatic heterocycles. The Kier molecular flexibility index (Phi) is 6.46. The first-order valence-corrected chi connectivity index (χ1v) is 6.56. The van der Waals surface area contributed by atoms with E-state index in [1.807, 2.05) is 0 Å². The first-order valence-electron chi connectivity index (χ1n) is 6.56. The van der Waals surface area contributed by atoms with Crippen molar-refractivity contribution < 1.29 is 14.3 Å². The second kappa shape index (κ2) is 7.66. The van der Waals surface area contributed by atoms with Gasteiger partial charge in [-0.1, -0.05) is 39.5 Å². The van der Waals surface area contributed by atoms with Gasteiger partial charge in [0.2, 0.25) is 0 Å². The van der Waals surface area contributed by atoms with E-state index in [1.165, 1.54) is 19.3 Å². The molecule has 0 bridgehead atoms. The molecule has 1 rings (SSSR count). The lowest BCUT2D eigenvalue weighted by Gasteiger charge is -2.27. The highest BCUT2D eigenvalue weighted by Crippen LogP contribution is 2.18. The minimum Gasteiger partial charge on any atom is -0.457 e. The van der Waals surface area contributed by atoms with Crippen LogP contribution in [0.1, 0.15) is 52.4 Å². The van der Waals surface area contributed by atoms with Crippen molar-refractivity contribution >= 4 is 5.97 Å². The molecule has 1 unspecified atom stereocenters. The molecule has 3 heteroatoms. The SMILES string of the molecule is CCCCCCC(CC)C(=O)OC1COC1. The van der Waals surface area contributed by atoms with Crippen LogP contribution < -0.4 is 0 Å². The molecule has 3 nitrogen and oxygen atoms in total. The molecule has 0 aromatic rings. The second-order valence-corrected chi connectivity index (χ2v) is 4.55. The number of carbonyl (C=O) groups is 1. The summed E-state index contributed by atoms with van der Waals surface area (Å²) in [6.07, 6.45) is 6.76. The van der Waals surface area contributed by atoms with E-state index >= 15 is 0 Å². The summed E-state index contributed by atoms with van der Waals surface area (Å²) >= 11 is 0. The minimum atomic E-state index is -0.0210. The summed E-state index contributed by atoms with van der Waals surface area (Å²) in [4.78, 5) is 11.8. The third kappa shape index (κ3) is 4.52. The maximum atomic E-state index is 11.8. The van der Waals surface area contributed by atoms with Crippen molar-refractivity contribution in [3.05, 3.63) is 0 Å². The number of unbranched alkanes of at least 4 members (excludes halogenated alkanes) is 3. The van der Waals surface area contributed by atoms with Gasteiger partial charge in [0.25, 0.3) is 0 Å².